The molecule has 1 aromatic carbocycles. The number of nitrogens with zero attached hydrogens (tertiary/aromatic N) is 2. The predicted molar refractivity (Wildman–Crippen MR) is 92.0 cm³/mol. The lowest BCUT2D eigenvalue weighted by Crippen LogP contribution is -2.28. The molecule has 0 unspecified atom stereocenters. The van der Waals surface area contributed by atoms with E-state index >= 15 is 0 Å². The normalized spacial score (nSPS) is 25.4. The topological polar surface area (TPSA) is 90.0 Å². The Labute approximate surface area is 146 Å². The molecule has 0 aliphatic carbocycles. The van der Waals surface area contributed by atoms with Crippen LogP contribution in [-0.4, -0.2) is 54.5 Å². The highest BCUT2D eigenvalue weighted by Gasteiger charge is 2.41. The van der Waals surface area contributed by atoms with Crippen LogP contribution in [0.5, 0.6) is 0 Å². The molecule has 3 fully saturated rings. The Morgan fingerprint density at radius 1 is 1.20 bits per heavy atom. The number of carboxylic acid groups (broad SMARTS) is 1. The second kappa shape index (κ2) is 7.65. The number of benzene rings is 1. The van der Waals surface area contributed by atoms with Gasteiger partial charge in [-0.1, -0.05) is 12.1 Å². The molecule has 4 rings (SSSR count). The Balaban J connectivity index is 0.000000569. The van der Waals surface area contributed by atoms with Crippen molar-refractivity contribution in [2.45, 2.75) is 19.4 Å². The van der Waals surface area contributed by atoms with Crippen LogP contribution in [0.25, 0.3) is 0 Å². The molecular formula is C18H23N3O4. The number of hydrogen-bond donors (Lipinski definition) is 2. The zero-order valence-corrected chi connectivity index (χ0v) is 14.1. The maximum Gasteiger partial charge on any atom is 0.290 e. The molecule has 7 heteroatoms. The highest BCUT2D eigenvalue weighted by Crippen LogP contribution is 2.29. The number of fused-ring (bicyclic) bond motifs is 1. The first-order chi connectivity index (χ1) is 12.1. The molecule has 3 aliphatic rings. The fourth-order valence-electron chi connectivity index (χ4n) is 3.92. The summed E-state index contributed by atoms with van der Waals surface area (Å²) in [6, 6.07) is 8.30. The number of amides is 2. The molecule has 3 saturated heterocycles. The maximum absolute atomic E-state index is 11.8. The lowest BCUT2D eigenvalue weighted by Gasteiger charge is -2.19. The minimum absolute atomic E-state index is 0.182. The van der Waals surface area contributed by atoms with Crippen molar-refractivity contribution in [1.82, 2.24) is 10.2 Å². The summed E-state index contributed by atoms with van der Waals surface area (Å²) in [7, 11) is 0. The average molecular weight is 345 g/mol. The molecule has 0 spiro atoms. The van der Waals surface area contributed by atoms with Crippen LogP contribution >= 0.6 is 0 Å². The Morgan fingerprint density at radius 2 is 1.92 bits per heavy atom. The number of likely N-dealkylation sites (tertiary alicyclic amines) is 1. The van der Waals surface area contributed by atoms with Gasteiger partial charge in [-0.25, -0.2) is 0 Å². The summed E-state index contributed by atoms with van der Waals surface area (Å²) >= 11 is 0. The molecule has 0 saturated carbocycles. The number of carbonyl (C=O) groups is 3. The van der Waals surface area contributed by atoms with Gasteiger partial charge in [0.1, 0.15) is 0 Å². The van der Waals surface area contributed by atoms with Gasteiger partial charge in [-0.05, 0) is 24.1 Å². The van der Waals surface area contributed by atoms with Crippen LogP contribution in [0.2, 0.25) is 0 Å². The molecule has 0 radical (unpaired) electrons. The van der Waals surface area contributed by atoms with Crippen molar-refractivity contribution in [3.8, 4) is 0 Å². The summed E-state index contributed by atoms with van der Waals surface area (Å²) in [4.78, 5) is 36.1. The molecule has 7 nitrogen and oxygen atoms in total. The first kappa shape index (κ1) is 17.4. The van der Waals surface area contributed by atoms with E-state index in [0.717, 1.165) is 44.8 Å². The molecule has 1 aromatic rings. The molecule has 25 heavy (non-hydrogen) atoms. The first-order valence-corrected chi connectivity index (χ1v) is 8.59. The van der Waals surface area contributed by atoms with E-state index < -0.39 is 0 Å². The monoisotopic (exact) mass is 345 g/mol. The van der Waals surface area contributed by atoms with E-state index in [4.69, 9.17) is 9.90 Å². The van der Waals surface area contributed by atoms with Gasteiger partial charge in [0.15, 0.2) is 0 Å². The van der Waals surface area contributed by atoms with Crippen molar-refractivity contribution in [3.05, 3.63) is 29.8 Å². The highest BCUT2D eigenvalue weighted by molar-refractivity contribution is 5.95. The van der Waals surface area contributed by atoms with Gasteiger partial charge in [-0.15, -0.1) is 0 Å². The van der Waals surface area contributed by atoms with E-state index in [1.165, 1.54) is 5.56 Å². The summed E-state index contributed by atoms with van der Waals surface area (Å²) in [6.45, 7) is 4.16. The Bertz CT molecular complexity index is 646. The van der Waals surface area contributed by atoms with Crippen molar-refractivity contribution in [2.75, 3.05) is 31.1 Å². The second-order valence-electron chi connectivity index (χ2n) is 6.73. The molecular weight excluding hydrogens is 322 g/mol. The third-order valence-corrected chi connectivity index (χ3v) is 5.12. The quantitative estimate of drug-likeness (QED) is 0.787. The third-order valence-electron chi connectivity index (χ3n) is 5.12. The smallest absolute Gasteiger partial charge is 0.290 e. The van der Waals surface area contributed by atoms with Gasteiger partial charge in [0.05, 0.1) is 5.92 Å². The minimum atomic E-state index is -0.250. The largest absolute Gasteiger partial charge is 0.483 e. The van der Waals surface area contributed by atoms with E-state index in [1.807, 2.05) is 17.0 Å². The van der Waals surface area contributed by atoms with Crippen molar-refractivity contribution >= 4 is 24.0 Å². The zero-order chi connectivity index (χ0) is 17.8. The third kappa shape index (κ3) is 3.82. The van der Waals surface area contributed by atoms with E-state index in [-0.39, 0.29) is 24.2 Å². The summed E-state index contributed by atoms with van der Waals surface area (Å²) < 4.78 is 0. The van der Waals surface area contributed by atoms with Gasteiger partial charge in [0.2, 0.25) is 11.8 Å². The molecule has 2 N–H and O–H groups in total. The van der Waals surface area contributed by atoms with Gasteiger partial charge < -0.3 is 15.3 Å². The number of hydrogen-bond acceptors (Lipinski definition) is 4. The number of rotatable bonds is 3. The van der Waals surface area contributed by atoms with E-state index in [2.05, 4.69) is 22.3 Å². The summed E-state index contributed by atoms with van der Waals surface area (Å²) in [5, 5.41) is 9.83. The van der Waals surface area contributed by atoms with Crippen molar-refractivity contribution in [1.29, 1.82) is 0 Å². The predicted octanol–water partition coefficient (Wildman–Crippen LogP) is 0.692. The summed E-state index contributed by atoms with van der Waals surface area (Å²) in [5.74, 6) is 1.11. The average Bonchev–Trinajstić information content (AvgIpc) is 3.28. The van der Waals surface area contributed by atoms with Crippen LogP contribution in [0.15, 0.2) is 24.3 Å². The van der Waals surface area contributed by atoms with Crippen LogP contribution in [0, 0.1) is 11.8 Å². The maximum atomic E-state index is 11.8. The fraction of sp³-hybridized carbons (Fsp3) is 0.500. The zero-order valence-electron chi connectivity index (χ0n) is 14.1. The summed E-state index contributed by atoms with van der Waals surface area (Å²) in [5.41, 5.74) is 2.25. The van der Waals surface area contributed by atoms with Gasteiger partial charge in [0.25, 0.3) is 6.47 Å². The molecule has 3 aliphatic heterocycles. The number of anilines is 1. The molecule has 2 amide bonds. The molecule has 0 bridgehead atoms. The Kier molecular flexibility index (Phi) is 5.33. The fourth-order valence-corrected chi connectivity index (χ4v) is 3.92. The van der Waals surface area contributed by atoms with Crippen LogP contribution in [0.3, 0.4) is 0 Å². The lowest BCUT2D eigenvalue weighted by atomic mass is 10.0. The second-order valence-corrected chi connectivity index (χ2v) is 6.73. The number of carbonyl (C=O) groups excluding carboxylic acids is 2. The van der Waals surface area contributed by atoms with Crippen LogP contribution < -0.4 is 10.2 Å². The van der Waals surface area contributed by atoms with Gasteiger partial charge in [-0.3, -0.25) is 19.3 Å². The van der Waals surface area contributed by atoms with Crippen molar-refractivity contribution < 1.29 is 19.5 Å². The van der Waals surface area contributed by atoms with E-state index in [9.17, 15) is 9.59 Å². The SMILES string of the molecule is O=C1NC[C@H]2CN(Cc3ccc(N4CCCC4=O)cc3)C[C@@H]12.O=CO. The highest BCUT2D eigenvalue weighted by atomic mass is 16.3. The summed E-state index contributed by atoms with van der Waals surface area (Å²) in [6.07, 6.45) is 1.62. The van der Waals surface area contributed by atoms with Crippen LogP contribution in [0.1, 0.15) is 18.4 Å². The van der Waals surface area contributed by atoms with Gasteiger partial charge in [0, 0.05) is 50.7 Å². The Hall–Kier alpha value is -2.41. The minimum Gasteiger partial charge on any atom is -0.483 e. The van der Waals surface area contributed by atoms with Crippen molar-refractivity contribution in [2.24, 2.45) is 11.8 Å². The van der Waals surface area contributed by atoms with Gasteiger partial charge in [-0.2, -0.15) is 0 Å². The lowest BCUT2D eigenvalue weighted by molar-refractivity contribution is -0.123. The molecule has 3 heterocycles. The van der Waals surface area contributed by atoms with E-state index in [1.54, 1.807) is 0 Å². The Morgan fingerprint density at radius 3 is 2.52 bits per heavy atom. The molecule has 0 aromatic heterocycles. The van der Waals surface area contributed by atoms with Crippen LogP contribution in [-0.2, 0) is 20.9 Å². The standard InChI is InChI=1S/C17H21N3O2.CH2O2/c21-16-2-1-7-20(16)14-5-3-12(4-6-14)9-19-10-13-8-18-17(22)15(13)11-19;2-1-3/h3-6,13,15H,1-2,7-11H2,(H,18,22);1H,(H,2,3)/t13-,15+;/m0./s1. The van der Waals surface area contributed by atoms with Crippen LogP contribution in [0.4, 0.5) is 5.69 Å². The molecule has 134 valence electrons. The molecule has 2 atom stereocenters. The van der Waals surface area contributed by atoms with Crippen molar-refractivity contribution in [3.63, 3.8) is 0 Å². The first-order valence-electron chi connectivity index (χ1n) is 8.59. The number of nitrogens with one attached hydrogen (secondary N) is 1. The van der Waals surface area contributed by atoms with E-state index in [0.29, 0.717) is 12.3 Å². The van der Waals surface area contributed by atoms with Gasteiger partial charge >= 0.3 is 0 Å².